The number of rotatable bonds is 2. The zero-order valence-electron chi connectivity index (χ0n) is 12.6. The predicted octanol–water partition coefficient (Wildman–Crippen LogP) is 2.69. The Hall–Kier alpha value is -3.64. The van der Waals surface area contributed by atoms with Crippen LogP contribution in [0.3, 0.4) is 0 Å². The highest BCUT2D eigenvalue weighted by Gasteiger charge is 2.19. The van der Waals surface area contributed by atoms with Crippen LogP contribution in [0, 0.1) is 22.7 Å². The lowest BCUT2D eigenvalue weighted by molar-refractivity contribution is 0.0964. The minimum atomic E-state index is -0.557. The van der Waals surface area contributed by atoms with Crippen molar-refractivity contribution < 1.29 is 9.90 Å². The van der Waals surface area contributed by atoms with E-state index in [-0.39, 0.29) is 11.3 Å². The number of nitriles is 2. The summed E-state index contributed by atoms with van der Waals surface area (Å²) in [6.07, 6.45) is 3.90. The number of aromatic hydroxyl groups is 1. The van der Waals surface area contributed by atoms with E-state index in [4.69, 9.17) is 10.5 Å². The molecule has 3 rings (SSSR count). The molecular formula is C18H12N4O2. The number of phenols is 1. The average molecular weight is 316 g/mol. The van der Waals surface area contributed by atoms with Crippen LogP contribution in [0.1, 0.15) is 23.2 Å². The lowest BCUT2D eigenvalue weighted by Crippen LogP contribution is -2.24. The number of pyridine rings is 1. The van der Waals surface area contributed by atoms with Crippen molar-refractivity contribution in [2.45, 2.75) is 12.8 Å². The summed E-state index contributed by atoms with van der Waals surface area (Å²) in [6.45, 7) is 0. The molecule has 0 spiro atoms. The van der Waals surface area contributed by atoms with E-state index in [1.165, 1.54) is 18.3 Å². The molecular weight excluding hydrogens is 304 g/mol. The van der Waals surface area contributed by atoms with Gasteiger partial charge in [-0.15, -0.1) is 0 Å². The lowest BCUT2D eigenvalue weighted by Gasteiger charge is -2.14. The first-order valence-electron chi connectivity index (χ1n) is 7.26. The maximum Gasteiger partial charge on any atom is 0.259 e. The molecule has 24 heavy (non-hydrogen) atoms. The fraction of sp³-hybridized carbons (Fsp3) is 0.111. The van der Waals surface area contributed by atoms with Crippen LogP contribution in [0.4, 0.5) is 0 Å². The topological polar surface area (TPSA) is 110 Å². The summed E-state index contributed by atoms with van der Waals surface area (Å²) in [6, 6.07) is 10.8. The molecule has 1 aromatic carbocycles. The summed E-state index contributed by atoms with van der Waals surface area (Å²) in [5.74, 6) is -0.775. The molecule has 0 radical (unpaired) electrons. The van der Waals surface area contributed by atoms with Crippen molar-refractivity contribution in [2.24, 2.45) is 0 Å². The van der Waals surface area contributed by atoms with Gasteiger partial charge in [0.25, 0.3) is 5.91 Å². The highest BCUT2D eigenvalue weighted by molar-refractivity contribution is 6.03. The number of nitrogens with zero attached hydrogens (tertiary/aromatic N) is 3. The van der Waals surface area contributed by atoms with Gasteiger partial charge in [-0.05, 0) is 31.1 Å². The molecule has 0 bridgehead atoms. The Balaban J connectivity index is 1.97. The molecule has 0 saturated heterocycles. The zero-order chi connectivity index (χ0) is 17.1. The van der Waals surface area contributed by atoms with E-state index in [0.29, 0.717) is 40.6 Å². The summed E-state index contributed by atoms with van der Waals surface area (Å²) >= 11 is 0. The van der Waals surface area contributed by atoms with Crippen LogP contribution in [-0.2, 0) is 0 Å². The monoisotopic (exact) mass is 316 g/mol. The number of hydrogen-bond donors (Lipinski definition) is 2. The van der Waals surface area contributed by atoms with Gasteiger partial charge in [-0.3, -0.25) is 9.78 Å². The standard InChI is InChI=1S/C18H12N4O2/c19-9-11-3-4-13(10-20)15(8-11)22-18(24)14-6-5-12-2-1-7-21-16(12)17(14)23/h1-2,5-8,23H,3-4H2,(H,22,24). The molecule has 0 aliphatic heterocycles. The van der Waals surface area contributed by atoms with E-state index >= 15 is 0 Å². The Morgan fingerprint density at radius 1 is 1.21 bits per heavy atom. The van der Waals surface area contributed by atoms with E-state index in [1.54, 1.807) is 18.2 Å². The van der Waals surface area contributed by atoms with E-state index < -0.39 is 5.91 Å². The Morgan fingerprint density at radius 3 is 2.79 bits per heavy atom. The van der Waals surface area contributed by atoms with Crippen molar-refractivity contribution >= 4 is 16.8 Å². The number of hydrogen-bond acceptors (Lipinski definition) is 5. The predicted molar refractivity (Wildman–Crippen MR) is 86.4 cm³/mol. The molecule has 0 atom stereocenters. The third-order valence-electron chi connectivity index (χ3n) is 3.81. The summed E-state index contributed by atoms with van der Waals surface area (Å²) in [7, 11) is 0. The Labute approximate surface area is 138 Å². The van der Waals surface area contributed by atoms with Crippen molar-refractivity contribution in [2.75, 3.05) is 0 Å². The van der Waals surface area contributed by atoms with Crippen molar-refractivity contribution in [1.29, 1.82) is 10.5 Å². The van der Waals surface area contributed by atoms with Crippen molar-refractivity contribution in [3.8, 4) is 17.9 Å². The fourth-order valence-corrected chi connectivity index (χ4v) is 2.55. The van der Waals surface area contributed by atoms with Gasteiger partial charge in [-0.25, -0.2) is 0 Å². The van der Waals surface area contributed by atoms with E-state index in [1.807, 2.05) is 12.1 Å². The molecule has 6 heteroatoms. The molecule has 1 aliphatic rings. The van der Waals surface area contributed by atoms with Crippen LogP contribution in [-0.4, -0.2) is 16.0 Å². The SMILES string of the molecule is N#CC1=CC(NC(=O)c2ccc3cccnc3c2O)=C(C#N)CC1. The van der Waals surface area contributed by atoms with Gasteiger partial charge in [0, 0.05) is 17.2 Å². The van der Waals surface area contributed by atoms with Crippen molar-refractivity contribution in [3.05, 3.63) is 58.9 Å². The number of nitrogens with one attached hydrogen (secondary N) is 1. The third-order valence-corrected chi connectivity index (χ3v) is 3.81. The number of fused-ring (bicyclic) bond motifs is 1. The number of carbonyl (C=O) groups excluding carboxylic acids is 1. The van der Waals surface area contributed by atoms with Gasteiger partial charge in [-0.1, -0.05) is 12.1 Å². The number of amides is 1. The van der Waals surface area contributed by atoms with Crippen molar-refractivity contribution in [3.63, 3.8) is 0 Å². The molecule has 1 heterocycles. The molecule has 0 unspecified atom stereocenters. The van der Waals surface area contributed by atoms with Gasteiger partial charge in [-0.2, -0.15) is 10.5 Å². The van der Waals surface area contributed by atoms with Crippen molar-refractivity contribution in [1.82, 2.24) is 10.3 Å². The third kappa shape index (κ3) is 2.69. The van der Waals surface area contributed by atoms with Gasteiger partial charge in [0.05, 0.1) is 29.0 Å². The van der Waals surface area contributed by atoms with Crippen LogP contribution in [0.5, 0.6) is 5.75 Å². The smallest absolute Gasteiger partial charge is 0.259 e. The number of benzene rings is 1. The first-order valence-corrected chi connectivity index (χ1v) is 7.26. The van der Waals surface area contributed by atoms with E-state index in [0.717, 1.165) is 0 Å². The highest BCUT2D eigenvalue weighted by atomic mass is 16.3. The van der Waals surface area contributed by atoms with Crippen LogP contribution >= 0.6 is 0 Å². The number of carbonyl (C=O) groups is 1. The highest BCUT2D eigenvalue weighted by Crippen LogP contribution is 2.28. The molecule has 1 aliphatic carbocycles. The summed E-state index contributed by atoms with van der Waals surface area (Å²) < 4.78 is 0. The van der Waals surface area contributed by atoms with Crippen LogP contribution in [0.2, 0.25) is 0 Å². The van der Waals surface area contributed by atoms with Gasteiger partial charge in [0.1, 0.15) is 5.52 Å². The first-order chi connectivity index (χ1) is 11.6. The molecule has 2 aromatic rings. The maximum atomic E-state index is 12.5. The Bertz CT molecular complexity index is 990. The molecule has 6 nitrogen and oxygen atoms in total. The van der Waals surface area contributed by atoms with Crippen LogP contribution < -0.4 is 5.32 Å². The van der Waals surface area contributed by atoms with Gasteiger partial charge in [0.2, 0.25) is 0 Å². The molecule has 116 valence electrons. The minimum absolute atomic E-state index is 0.0588. The zero-order valence-corrected chi connectivity index (χ0v) is 12.6. The largest absolute Gasteiger partial charge is 0.505 e. The van der Waals surface area contributed by atoms with Crippen LogP contribution in [0.15, 0.2) is 53.4 Å². The lowest BCUT2D eigenvalue weighted by atomic mass is 9.97. The first kappa shape index (κ1) is 15.3. The normalized spacial score (nSPS) is 13.8. The molecule has 1 aromatic heterocycles. The minimum Gasteiger partial charge on any atom is -0.505 e. The molecule has 0 saturated carbocycles. The van der Waals surface area contributed by atoms with E-state index in [2.05, 4.69) is 10.3 Å². The molecule has 0 fully saturated rings. The fourth-order valence-electron chi connectivity index (χ4n) is 2.55. The Kier molecular flexibility index (Phi) is 3.96. The summed E-state index contributed by atoms with van der Waals surface area (Å²) in [4.78, 5) is 16.6. The number of phenolic OH excluding ortho intramolecular Hbond substituents is 1. The van der Waals surface area contributed by atoms with Gasteiger partial charge < -0.3 is 10.4 Å². The second-order valence-electron chi connectivity index (χ2n) is 5.28. The molecule has 2 N–H and O–H groups in total. The second-order valence-corrected chi connectivity index (χ2v) is 5.28. The summed E-state index contributed by atoms with van der Waals surface area (Å²) in [5, 5.41) is 31.8. The Morgan fingerprint density at radius 2 is 2.04 bits per heavy atom. The average Bonchev–Trinajstić information content (AvgIpc) is 2.62. The van der Waals surface area contributed by atoms with Crippen LogP contribution in [0.25, 0.3) is 10.9 Å². The second kappa shape index (κ2) is 6.23. The number of allylic oxidation sites excluding steroid dienone is 3. The van der Waals surface area contributed by atoms with Gasteiger partial charge in [0.15, 0.2) is 5.75 Å². The molecule has 1 amide bonds. The summed E-state index contributed by atoms with van der Waals surface area (Å²) in [5.41, 5.74) is 1.58. The van der Waals surface area contributed by atoms with E-state index in [9.17, 15) is 9.90 Å². The van der Waals surface area contributed by atoms with Gasteiger partial charge >= 0.3 is 0 Å². The quantitative estimate of drug-likeness (QED) is 0.885. The number of aromatic nitrogens is 1. The maximum absolute atomic E-state index is 12.5.